The summed E-state index contributed by atoms with van der Waals surface area (Å²) in [5.74, 6) is 0.584. The average molecular weight is 349 g/mol. The molecule has 1 aromatic heterocycles. The number of nitro groups is 1. The van der Waals surface area contributed by atoms with Crippen LogP contribution in [0, 0.1) is 10.1 Å². The van der Waals surface area contributed by atoms with Crippen LogP contribution in [0.15, 0.2) is 53.3 Å². The second kappa shape index (κ2) is 7.74. The highest BCUT2D eigenvalue weighted by Crippen LogP contribution is 2.15. The predicted octanol–water partition coefficient (Wildman–Crippen LogP) is 4.28. The monoisotopic (exact) mass is 349 g/mol. The van der Waals surface area contributed by atoms with Crippen LogP contribution < -0.4 is 5.56 Å². The van der Waals surface area contributed by atoms with Gasteiger partial charge in [-0.3, -0.25) is 19.5 Å². The summed E-state index contributed by atoms with van der Waals surface area (Å²) in [7, 11) is 0. The van der Waals surface area contributed by atoms with Gasteiger partial charge in [-0.15, -0.1) is 0 Å². The number of para-hydroxylation sites is 1. The predicted molar refractivity (Wildman–Crippen MR) is 103 cm³/mol. The SMILES string of the molecule is CCCCn1c(/C=C/c2ccc([N+](=O)[O-])cc2)nc2ccccc2c1=O. The molecule has 0 amide bonds. The first-order valence-electron chi connectivity index (χ1n) is 8.52. The Hall–Kier alpha value is -3.28. The van der Waals surface area contributed by atoms with Crippen LogP contribution in [0.4, 0.5) is 5.69 Å². The number of hydrogen-bond acceptors (Lipinski definition) is 4. The van der Waals surface area contributed by atoms with Crippen molar-refractivity contribution in [1.29, 1.82) is 0 Å². The Morgan fingerprint density at radius 1 is 1.12 bits per heavy atom. The van der Waals surface area contributed by atoms with Gasteiger partial charge in [0.25, 0.3) is 11.2 Å². The highest BCUT2D eigenvalue weighted by atomic mass is 16.6. The van der Waals surface area contributed by atoms with Crippen molar-refractivity contribution < 1.29 is 4.92 Å². The van der Waals surface area contributed by atoms with E-state index in [1.54, 1.807) is 28.8 Å². The quantitative estimate of drug-likeness (QED) is 0.492. The number of hydrogen-bond donors (Lipinski definition) is 0. The van der Waals surface area contributed by atoms with Crippen molar-refractivity contribution >= 4 is 28.7 Å². The van der Waals surface area contributed by atoms with E-state index in [0.29, 0.717) is 23.3 Å². The molecule has 0 saturated carbocycles. The number of aromatic nitrogens is 2. The van der Waals surface area contributed by atoms with Gasteiger partial charge in [0.2, 0.25) is 0 Å². The summed E-state index contributed by atoms with van der Waals surface area (Å²) >= 11 is 0. The van der Waals surface area contributed by atoms with Crippen LogP contribution in [0.2, 0.25) is 0 Å². The lowest BCUT2D eigenvalue weighted by Crippen LogP contribution is -2.24. The zero-order valence-electron chi connectivity index (χ0n) is 14.5. The maximum Gasteiger partial charge on any atom is 0.269 e. The third-order valence-corrected chi connectivity index (χ3v) is 4.16. The minimum atomic E-state index is -0.430. The molecule has 132 valence electrons. The summed E-state index contributed by atoms with van der Waals surface area (Å²) in [4.78, 5) is 27.7. The molecule has 3 rings (SSSR count). The summed E-state index contributed by atoms with van der Waals surface area (Å²) in [6, 6.07) is 13.6. The molecule has 0 aliphatic carbocycles. The fraction of sp³-hybridized carbons (Fsp3) is 0.200. The Morgan fingerprint density at radius 3 is 2.54 bits per heavy atom. The lowest BCUT2D eigenvalue weighted by Gasteiger charge is -2.10. The summed E-state index contributed by atoms with van der Waals surface area (Å²) in [5.41, 5.74) is 1.46. The molecule has 0 saturated heterocycles. The molecule has 0 fully saturated rings. The van der Waals surface area contributed by atoms with Crippen molar-refractivity contribution in [2.45, 2.75) is 26.3 Å². The molecule has 6 heteroatoms. The summed E-state index contributed by atoms with van der Waals surface area (Å²) < 4.78 is 1.69. The van der Waals surface area contributed by atoms with E-state index in [1.807, 2.05) is 24.3 Å². The lowest BCUT2D eigenvalue weighted by atomic mass is 10.2. The van der Waals surface area contributed by atoms with Crippen LogP contribution in [-0.4, -0.2) is 14.5 Å². The van der Waals surface area contributed by atoms with Crippen molar-refractivity contribution in [1.82, 2.24) is 9.55 Å². The number of rotatable bonds is 6. The molecule has 0 atom stereocenters. The maximum absolute atomic E-state index is 12.8. The number of non-ortho nitro benzene ring substituents is 1. The van der Waals surface area contributed by atoms with E-state index in [4.69, 9.17) is 0 Å². The molecule has 0 bridgehead atoms. The van der Waals surface area contributed by atoms with Crippen molar-refractivity contribution in [2.75, 3.05) is 0 Å². The van der Waals surface area contributed by atoms with Gasteiger partial charge in [0.15, 0.2) is 0 Å². The summed E-state index contributed by atoms with van der Waals surface area (Å²) in [6.07, 6.45) is 5.45. The third kappa shape index (κ3) is 3.69. The molecular weight excluding hydrogens is 330 g/mol. The van der Waals surface area contributed by atoms with Crippen molar-refractivity contribution in [3.63, 3.8) is 0 Å². The second-order valence-electron chi connectivity index (χ2n) is 5.98. The number of benzene rings is 2. The van der Waals surface area contributed by atoms with Gasteiger partial charge in [0.05, 0.1) is 15.8 Å². The van der Waals surface area contributed by atoms with Crippen molar-refractivity contribution in [3.8, 4) is 0 Å². The molecule has 1 heterocycles. The van der Waals surface area contributed by atoms with E-state index in [1.165, 1.54) is 12.1 Å². The van der Waals surface area contributed by atoms with Gasteiger partial charge in [-0.1, -0.05) is 31.6 Å². The lowest BCUT2D eigenvalue weighted by molar-refractivity contribution is -0.384. The normalized spacial score (nSPS) is 11.3. The van der Waals surface area contributed by atoms with Crippen LogP contribution in [-0.2, 0) is 6.54 Å². The Labute approximate surface area is 150 Å². The molecule has 3 aromatic rings. The second-order valence-corrected chi connectivity index (χ2v) is 5.98. The number of nitrogens with zero attached hydrogens (tertiary/aromatic N) is 3. The first-order valence-corrected chi connectivity index (χ1v) is 8.52. The first-order chi connectivity index (χ1) is 12.6. The summed E-state index contributed by atoms with van der Waals surface area (Å²) in [6.45, 7) is 2.68. The fourth-order valence-electron chi connectivity index (χ4n) is 2.72. The maximum atomic E-state index is 12.8. The zero-order chi connectivity index (χ0) is 18.5. The Kier molecular flexibility index (Phi) is 5.22. The van der Waals surface area contributed by atoms with E-state index in [2.05, 4.69) is 11.9 Å². The van der Waals surface area contributed by atoms with Gasteiger partial charge in [0.1, 0.15) is 5.82 Å². The standard InChI is InChI=1S/C20H19N3O3/c1-2-3-14-22-19(21-18-7-5-4-6-17(18)20(22)24)13-10-15-8-11-16(12-9-15)23(25)26/h4-13H,2-3,14H2,1H3/b13-10+. The molecule has 2 aromatic carbocycles. The van der Waals surface area contributed by atoms with Crippen LogP contribution in [0.3, 0.4) is 0 Å². The highest BCUT2D eigenvalue weighted by Gasteiger charge is 2.08. The molecular formula is C20H19N3O3. The Balaban J connectivity index is 2.02. The largest absolute Gasteiger partial charge is 0.293 e. The smallest absolute Gasteiger partial charge is 0.269 e. The molecule has 0 radical (unpaired) electrons. The van der Waals surface area contributed by atoms with Crippen LogP contribution >= 0.6 is 0 Å². The summed E-state index contributed by atoms with van der Waals surface area (Å²) in [5, 5.41) is 11.3. The average Bonchev–Trinajstić information content (AvgIpc) is 2.66. The Bertz CT molecular complexity index is 1020. The van der Waals surface area contributed by atoms with E-state index < -0.39 is 4.92 Å². The minimum absolute atomic E-state index is 0.0471. The van der Waals surface area contributed by atoms with Crippen LogP contribution in [0.25, 0.3) is 23.1 Å². The van der Waals surface area contributed by atoms with Crippen molar-refractivity contribution in [2.24, 2.45) is 0 Å². The topological polar surface area (TPSA) is 78.0 Å². The van der Waals surface area contributed by atoms with Gasteiger partial charge < -0.3 is 0 Å². The molecule has 0 unspecified atom stereocenters. The Morgan fingerprint density at radius 2 is 1.85 bits per heavy atom. The first kappa shape index (κ1) is 17.5. The van der Waals surface area contributed by atoms with E-state index in [-0.39, 0.29) is 11.2 Å². The minimum Gasteiger partial charge on any atom is -0.293 e. The van der Waals surface area contributed by atoms with Gasteiger partial charge in [0, 0.05) is 18.7 Å². The molecule has 0 N–H and O–H groups in total. The van der Waals surface area contributed by atoms with Crippen LogP contribution in [0.5, 0.6) is 0 Å². The molecule has 0 spiro atoms. The van der Waals surface area contributed by atoms with Gasteiger partial charge in [-0.05, 0) is 42.3 Å². The number of fused-ring (bicyclic) bond motifs is 1. The fourth-order valence-corrected chi connectivity index (χ4v) is 2.72. The van der Waals surface area contributed by atoms with E-state index in [9.17, 15) is 14.9 Å². The molecule has 26 heavy (non-hydrogen) atoms. The van der Waals surface area contributed by atoms with E-state index >= 15 is 0 Å². The van der Waals surface area contributed by atoms with Gasteiger partial charge in [-0.2, -0.15) is 0 Å². The molecule has 6 nitrogen and oxygen atoms in total. The zero-order valence-corrected chi connectivity index (χ0v) is 14.5. The third-order valence-electron chi connectivity index (χ3n) is 4.16. The number of unbranched alkanes of at least 4 members (excludes halogenated alkanes) is 1. The molecule has 0 aliphatic heterocycles. The van der Waals surface area contributed by atoms with Gasteiger partial charge in [-0.25, -0.2) is 4.98 Å². The van der Waals surface area contributed by atoms with Gasteiger partial charge >= 0.3 is 0 Å². The van der Waals surface area contributed by atoms with Crippen molar-refractivity contribution in [3.05, 3.63) is 80.4 Å². The molecule has 0 aliphatic rings. The highest BCUT2D eigenvalue weighted by molar-refractivity contribution is 5.79. The van der Waals surface area contributed by atoms with Crippen LogP contribution in [0.1, 0.15) is 31.2 Å². The number of nitro benzene ring substituents is 1. The van der Waals surface area contributed by atoms with E-state index in [0.717, 1.165) is 18.4 Å².